The number of hydrogen-bond donors (Lipinski definition) is 1. The number of aromatic nitrogens is 3. The van der Waals surface area contributed by atoms with Crippen molar-refractivity contribution < 1.29 is 4.79 Å². The van der Waals surface area contributed by atoms with Gasteiger partial charge in [0.1, 0.15) is 5.82 Å². The van der Waals surface area contributed by atoms with Crippen molar-refractivity contribution in [1.82, 2.24) is 20.1 Å². The van der Waals surface area contributed by atoms with Crippen LogP contribution >= 0.6 is 23.1 Å². The van der Waals surface area contributed by atoms with E-state index < -0.39 is 0 Å². The van der Waals surface area contributed by atoms with Crippen molar-refractivity contribution in [3.05, 3.63) is 57.5 Å². The van der Waals surface area contributed by atoms with Crippen LogP contribution in [0, 0.1) is 20.8 Å². The summed E-state index contributed by atoms with van der Waals surface area (Å²) >= 11 is 3.04. The Kier molecular flexibility index (Phi) is 5.55. The molecule has 2 aromatic heterocycles. The van der Waals surface area contributed by atoms with Gasteiger partial charge in [0.25, 0.3) is 0 Å². The van der Waals surface area contributed by atoms with Crippen molar-refractivity contribution >= 4 is 29.0 Å². The van der Waals surface area contributed by atoms with Crippen LogP contribution in [0.2, 0.25) is 0 Å². The third-order valence-electron chi connectivity index (χ3n) is 3.77. The first-order valence-corrected chi connectivity index (χ1v) is 9.82. The van der Waals surface area contributed by atoms with Gasteiger partial charge in [-0.15, -0.1) is 21.5 Å². The summed E-state index contributed by atoms with van der Waals surface area (Å²) in [7, 11) is 0. The second-order valence-electron chi connectivity index (χ2n) is 5.80. The molecule has 0 bridgehead atoms. The Morgan fingerprint density at radius 1 is 1.24 bits per heavy atom. The zero-order chi connectivity index (χ0) is 17.8. The SMILES string of the molecule is Cc1ccc(C)c(-n2c(C)nnc2SCC(=O)NCc2cccs2)c1. The maximum Gasteiger partial charge on any atom is 0.230 e. The number of thiophene rings is 1. The van der Waals surface area contributed by atoms with Gasteiger partial charge in [0.15, 0.2) is 5.16 Å². The first kappa shape index (κ1) is 17.7. The Hall–Kier alpha value is -2.12. The molecule has 7 heteroatoms. The summed E-state index contributed by atoms with van der Waals surface area (Å²) in [5, 5.41) is 14.1. The molecule has 0 radical (unpaired) electrons. The van der Waals surface area contributed by atoms with Crippen LogP contribution in [0.4, 0.5) is 0 Å². The van der Waals surface area contributed by atoms with E-state index in [4.69, 9.17) is 0 Å². The fourth-order valence-electron chi connectivity index (χ4n) is 2.45. The largest absolute Gasteiger partial charge is 0.350 e. The summed E-state index contributed by atoms with van der Waals surface area (Å²) in [5.74, 6) is 1.12. The van der Waals surface area contributed by atoms with Gasteiger partial charge in [-0.3, -0.25) is 9.36 Å². The van der Waals surface area contributed by atoms with E-state index in [1.54, 1.807) is 11.3 Å². The molecule has 0 atom stereocenters. The molecule has 3 rings (SSSR count). The highest BCUT2D eigenvalue weighted by molar-refractivity contribution is 7.99. The van der Waals surface area contributed by atoms with Crippen LogP contribution < -0.4 is 5.32 Å². The summed E-state index contributed by atoms with van der Waals surface area (Å²) in [6.45, 7) is 6.62. The smallest absolute Gasteiger partial charge is 0.230 e. The Bertz CT molecular complexity index is 871. The van der Waals surface area contributed by atoms with Crippen LogP contribution in [0.5, 0.6) is 0 Å². The molecule has 0 spiro atoms. The Labute approximate surface area is 155 Å². The lowest BCUT2D eigenvalue weighted by Crippen LogP contribution is -2.24. The van der Waals surface area contributed by atoms with Crippen molar-refractivity contribution in [2.24, 2.45) is 0 Å². The van der Waals surface area contributed by atoms with Crippen LogP contribution in [-0.4, -0.2) is 26.4 Å². The lowest BCUT2D eigenvalue weighted by molar-refractivity contribution is -0.118. The molecule has 1 N–H and O–H groups in total. The number of benzene rings is 1. The molecule has 0 saturated heterocycles. The van der Waals surface area contributed by atoms with Crippen molar-refractivity contribution in [2.75, 3.05) is 5.75 Å². The molecule has 0 fully saturated rings. The van der Waals surface area contributed by atoms with E-state index in [1.807, 2.05) is 29.0 Å². The number of carbonyl (C=O) groups excluding carboxylic acids is 1. The van der Waals surface area contributed by atoms with Crippen LogP contribution in [0.15, 0.2) is 40.9 Å². The molecule has 0 unspecified atom stereocenters. The lowest BCUT2D eigenvalue weighted by atomic mass is 10.1. The highest BCUT2D eigenvalue weighted by Gasteiger charge is 2.15. The van der Waals surface area contributed by atoms with Crippen LogP contribution in [-0.2, 0) is 11.3 Å². The highest BCUT2D eigenvalue weighted by atomic mass is 32.2. The first-order chi connectivity index (χ1) is 12.0. The summed E-state index contributed by atoms with van der Waals surface area (Å²) in [5.41, 5.74) is 3.39. The molecule has 3 aromatic rings. The minimum Gasteiger partial charge on any atom is -0.350 e. The second-order valence-corrected chi connectivity index (χ2v) is 7.77. The van der Waals surface area contributed by atoms with Gasteiger partial charge in [-0.1, -0.05) is 30.0 Å². The maximum atomic E-state index is 12.1. The van der Waals surface area contributed by atoms with Gasteiger partial charge in [-0.25, -0.2) is 0 Å². The molecule has 1 aromatic carbocycles. The molecule has 1 amide bonds. The average Bonchev–Trinajstić information content (AvgIpc) is 3.23. The van der Waals surface area contributed by atoms with Crippen molar-refractivity contribution in [3.8, 4) is 5.69 Å². The molecular formula is C18H20N4OS2. The number of carbonyl (C=O) groups is 1. The van der Waals surface area contributed by atoms with Crippen molar-refractivity contribution in [3.63, 3.8) is 0 Å². The van der Waals surface area contributed by atoms with E-state index >= 15 is 0 Å². The topological polar surface area (TPSA) is 59.8 Å². The molecule has 130 valence electrons. The molecule has 0 aliphatic heterocycles. The van der Waals surface area contributed by atoms with E-state index in [0.29, 0.717) is 12.3 Å². The van der Waals surface area contributed by atoms with Crippen LogP contribution in [0.3, 0.4) is 0 Å². The number of amides is 1. The fraction of sp³-hybridized carbons (Fsp3) is 0.278. The summed E-state index contributed by atoms with van der Waals surface area (Å²) < 4.78 is 2.01. The summed E-state index contributed by atoms with van der Waals surface area (Å²) in [4.78, 5) is 13.2. The second kappa shape index (κ2) is 7.84. The van der Waals surface area contributed by atoms with Crippen molar-refractivity contribution in [1.29, 1.82) is 0 Å². The molecule has 25 heavy (non-hydrogen) atoms. The van der Waals surface area contributed by atoms with E-state index in [9.17, 15) is 4.79 Å². The van der Waals surface area contributed by atoms with Crippen LogP contribution in [0.25, 0.3) is 5.69 Å². The minimum atomic E-state index is -0.00781. The van der Waals surface area contributed by atoms with E-state index in [-0.39, 0.29) is 5.91 Å². The number of nitrogens with one attached hydrogen (secondary N) is 1. The van der Waals surface area contributed by atoms with E-state index in [0.717, 1.165) is 27.1 Å². The monoisotopic (exact) mass is 372 g/mol. The molecule has 0 aliphatic rings. The molecule has 5 nitrogen and oxygen atoms in total. The zero-order valence-electron chi connectivity index (χ0n) is 14.4. The van der Waals surface area contributed by atoms with E-state index in [2.05, 4.69) is 47.6 Å². The predicted molar refractivity (Wildman–Crippen MR) is 102 cm³/mol. The summed E-state index contributed by atoms with van der Waals surface area (Å²) in [6, 6.07) is 10.3. The van der Waals surface area contributed by atoms with Gasteiger partial charge in [0.05, 0.1) is 18.0 Å². The van der Waals surface area contributed by atoms with Gasteiger partial charge in [-0.05, 0) is 49.4 Å². The Morgan fingerprint density at radius 2 is 2.08 bits per heavy atom. The number of aryl methyl sites for hydroxylation is 3. The molecule has 0 aliphatic carbocycles. The predicted octanol–water partition coefficient (Wildman–Crippen LogP) is 3.66. The van der Waals surface area contributed by atoms with Crippen molar-refractivity contribution in [2.45, 2.75) is 32.5 Å². The molecule has 2 heterocycles. The Balaban J connectivity index is 1.69. The highest BCUT2D eigenvalue weighted by Crippen LogP contribution is 2.24. The quantitative estimate of drug-likeness (QED) is 0.671. The van der Waals surface area contributed by atoms with Gasteiger partial charge < -0.3 is 5.32 Å². The number of nitrogens with zero attached hydrogens (tertiary/aromatic N) is 3. The normalized spacial score (nSPS) is 10.8. The minimum absolute atomic E-state index is 0.00781. The average molecular weight is 373 g/mol. The zero-order valence-corrected chi connectivity index (χ0v) is 16.1. The molecular weight excluding hydrogens is 352 g/mol. The first-order valence-electron chi connectivity index (χ1n) is 7.96. The van der Waals surface area contributed by atoms with Gasteiger partial charge >= 0.3 is 0 Å². The van der Waals surface area contributed by atoms with Gasteiger partial charge in [0.2, 0.25) is 5.91 Å². The number of hydrogen-bond acceptors (Lipinski definition) is 5. The number of rotatable bonds is 6. The number of thioether (sulfide) groups is 1. The third kappa shape index (κ3) is 4.29. The lowest BCUT2D eigenvalue weighted by Gasteiger charge is -2.12. The summed E-state index contributed by atoms with van der Waals surface area (Å²) in [6.07, 6.45) is 0. The Morgan fingerprint density at radius 3 is 2.84 bits per heavy atom. The van der Waals surface area contributed by atoms with Gasteiger partial charge in [-0.2, -0.15) is 0 Å². The fourth-order valence-corrected chi connectivity index (χ4v) is 3.92. The van der Waals surface area contributed by atoms with Gasteiger partial charge in [0, 0.05) is 4.88 Å². The van der Waals surface area contributed by atoms with E-state index in [1.165, 1.54) is 17.3 Å². The molecule has 0 saturated carbocycles. The van der Waals surface area contributed by atoms with Crippen LogP contribution in [0.1, 0.15) is 21.8 Å². The standard InChI is InChI=1S/C18H20N4OS2/c1-12-6-7-13(2)16(9-12)22-14(3)20-21-18(22)25-11-17(23)19-10-15-5-4-8-24-15/h4-9H,10-11H2,1-3H3,(H,19,23). The third-order valence-corrected chi connectivity index (χ3v) is 5.58. The maximum absolute atomic E-state index is 12.1.